The maximum absolute atomic E-state index is 5.73. The zero-order valence-corrected chi connectivity index (χ0v) is 18.7. The molecule has 5 aromatic heterocycles. The number of pyridine rings is 2. The second-order valence-electron chi connectivity index (χ2n) is 7.79. The van der Waals surface area contributed by atoms with Crippen molar-refractivity contribution in [3.05, 3.63) is 66.0 Å². The van der Waals surface area contributed by atoms with Gasteiger partial charge in [0.2, 0.25) is 0 Å². The standard InChI is InChI=1S/C23H24N10/c1-4-32-13-28-20-22(29-21(30-23(20)32)17-6-7-18(24)25-12-17)27-11-16-5-8-19(26-10-16)33-15(3)9-14(2)31-33/h5-10,12-13H,4,11H2,1-3H3,(H2,24,25)(H,27,29,30). The van der Waals surface area contributed by atoms with Gasteiger partial charge in [-0.25, -0.2) is 29.6 Å². The van der Waals surface area contributed by atoms with Crippen molar-refractivity contribution in [3.63, 3.8) is 0 Å². The smallest absolute Gasteiger partial charge is 0.166 e. The maximum atomic E-state index is 5.73. The van der Waals surface area contributed by atoms with Crippen molar-refractivity contribution in [2.75, 3.05) is 11.1 Å². The normalized spacial score (nSPS) is 11.2. The van der Waals surface area contributed by atoms with E-state index >= 15 is 0 Å². The van der Waals surface area contributed by atoms with Crippen molar-refractivity contribution in [2.24, 2.45) is 0 Å². The summed E-state index contributed by atoms with van der Waals surface area (Å²) in [5.41, 5.74) is 11.0. The number of nitrogen functional groups attached to an aromatic ring is 1. The molecule has 0 amide bonds. The number of aryl methyl sites for hydroxylation is 3. The van der Waals surface area contributed by atoms with Gasteiger partial charge in [-0.1, -0.05) is 6.07 Å². The van der Waals surface area contributed by atoms with Crippen LogP contribution in [0.5, 0.6) is 0 Å². The van der Waals surface area contributed by atoms with E-state index < -0.39 is 0 Å². The van der Waals surface area contributed by atoms with Gasteiger partial charge in [-0.05, 0) is 50.6 Å². The summed E-state index contributed by atoms with van der Waals surface area (Å²) in [6.45, 7) is 7.33. The minimum absolute atomic E-state index is 0.452. The molecule has 33 heavy (non-hydrogen) atoms. The Morgan fingerprint density at radius 1 is 1.00 bits per heavy atom. The fraction of sp³-hybridized carbons (Fsp3) is 0.217. The molecule has 0 bridgehead atoms. The molecular weight excluding hydrogens is 416 g/mol. The van der Waals surface area contributed by atoms with Gasteiger partial charge in [0.25, 0.3) is 0 Å². The zero-order chi connectivity index (χ0) is 22.9. The van der Waals surface area contributed by atoms with Crippen LogP contribution in [-0.4, -0.2) is 39.3 Å². The first-order valence-electron chi connectivity index (χ1n) is 10.7. The van der Waals surface area contributed by atoms with Crippen molar-refractivity contribution in [2.45, 2.75) is 33.9 Å². The molecule has 0 unspecified atom stereocenters. The van der Waals surface area contributed by atoms with E-state index in [4.69, 9.17) is 15.7 Å². The van der Waals surface area contributed by atoms with Crippen LogP contribution in [0.4, 0.5) is 11.6 Å². The quantitative estimate of drug-likeness (QED) is 0.412. The van der Waals surface area contributed by atoms with E-state index in [-0.39, 0.29) is 0 Å². The van der Waals surface area contributed by atoms with Crippen LogP contribution in [0.15, 0.2) is 49.1 Å². The lowest BCUT2D eigenvalue weighted by Crippen LogP contribution is -2.07. The third kappa shape index (κ3) is 3.98. The van der Waals surface area contributed by atoms with Gasteiger partial charge in [-0.15, -0.1) is 0 Å². The molecule has 0 spiro atoms. The molecule has 0 aliphatic carbocycles. The molecule has 0 aliphatic rings. The molecule has 5 aromatic rings. The monoisotopic (exact) mass is 440 g/mol. The lowest BCUT2D eigenvalue weighted by molar-refractivity contribution is 0.777. The van der Waals surface area contributed by atoms with Crippen molar-refractivity contribution in [1.82, 2.24) is 39.3 Å². The Bertz CT molecular complexity index is 1410. The number of hydrogen-bond donors (Lipinski definition) is 2. The second kappa shape index (κ2) is 8.30. The lowest BCUT2D eigenvalue weighted by atomic mass is 10.2. The van der Waals surface area contributed by atoms with Crippen molar-refractivity contribution in [3.8, 4) is 17.2 Å². The van der Waals surface area contributed by atoms with Crippen LogP contribution in [0.1, 0.15) is 23.9 Å². The van der Waals surface area contributed by atoms with Crippen LogP contribution in [0.2, 0.25) is 0 Å². The Morgan fingerprint density at radius 2 is 1.88 bits per heavy atom. The first kappa shape index (κ1) is 20.6. The second-order valence-corrected chi connectivity index (χ2v) is 7.79. The topological polar surface area (TPSA) is 125 Å². The molecule has 0 saturated carbocycles. The molecule has 0 fully saturated rings. The highest BCUT2D eigenvalue weighted by Crippen LogP contribution is 2.24. The molecule has 10 nitrogen and oxygen atoms in total. The minimum atomic E-state index is 0.452. The number of aromatic nitrogens is 8. The van der Waals surface area contributed by atoms with Crippen molar-refractivity contribution in [1.29, 1.82) is 0 Å². The first-order chi connectivity index (χ1) is 16.0. The molecule has 3 N–H and O–H groups in total. The van der Waals surface area contributed by atoms with Crippen LogP contribution in [0, 0.1) is 13.8 Å². The summed E-state index contributed by atoms with van der Waals surface area (Å²) >= 11 is 0. The summed E-state index contributed by atoms with van der Waals surface area (Å²) in [7, 11) is 0. The predicted octanol–water partition coefficient (Wildman–Crippen LogP) is 3.30. The maximum Gasteiger partial charge on any atom is 0.166 e. The fourth-order valence-corrected chi connectivity index (χ4v) is 3.66. The largest absolute Gasteiger partial charge is 0.384 e. The summed E-state index contributed by atoms with van der Waals surface area (Å²) in [5, 5.41) is 7.89. The van der Waals surface area contributed by atoms with Gasteiger partial charge in [-0.3, -0.25) is 0 Å². The van der Waals surface area contributed by atoms with Crippen LogP contribution >= 0.6 is 0 Å². The third-order valence-electron chi connectivity index (χ3n) is 5.34. The fourth-order valence-electron chi connectivity index (χ4n) is 3.66. The van der Waals surface area contributed by atoms with E-state index in [1.54, 1.807) is 18.6 Å². The Labute approximate surface area is 190 Å². The highest BCUT2D eigenvalue weighted by molar-refractivity contribution is 5.85. The summed E-state index contributed by atoms with van der Waals surface area (Å²) < 4.78 is 3.83. The minimum Gasteiger partial charge on any atom is -0.384 e. The Hall–Kier alpha value is -4.34. The van der Waals surface area contributed by atoms with E-state index in [2.05, 4.69) is 32.3 Å². The van der Waals surface area contributed by atoms with Crippen LogP contribution in [0.25, 0.3) is 28.4 Å². The number of nitrogens with zero attached hydrogens (tertiary/aromatic N) is 8. The number of rotatable bonds is 6. The van der Waals surface area contributed by atoms with Gasteiger partial charge >= 0.3 is 0 Å². The van der Waals surface area contributed by atoms with Crippen molar-refractivity contribution < 1.29 is 0 Å². The SMILES string of the molecule is CCn1cnc2c(NCc3ccc(-n4nc(C)cc4C)nc3)nc(-c3ccc(N)nc3)nc21. The molecule has 0 saturated heterocycles. The van der Waals surface area contributed by atoms with E-state index in [0.717, 1.165) is 46.0 Å². The molecular formula is C23H24N10. The van der Waals surface area contributed by atoms with Crippen LogP contribution < -0.4 is 11.1 Å². The van der Waals surface area contributed by atoms with E-state index in [0.29, 0.717) is 24.0 Å². The predicted molar refractivity (Wildman–Crippen MR) is 127 cm³/mol. The highest BCUT2D eigenvalue weighted by atomic mass is 15.3. The molecule has 0 aromatic carbocycles. The Balaban J connectivity index is 1.44. The van der Waals surface area contributed by atoms with Gasteiger partial charge < -0.3 is 15.6 Å². The molecule has 0 aliphatic heterocycles. The number of nitrogens with two attached hydrogens (primary N) is 1. The lowest BCUT2D eigenvalue weighted by Gasteiger charge is -2.10. The first-order valence-corrected chi connectivity index (χ1v) is 10.7. The average Bonchev–Trinajstić information content (AvgIpc) is 3.40. The van der Waals surface area contributed by atoms with Crippen LogP contribution in [0.3, 0.4) is 0 Å². The van der Waals surface area contributed by atoms with E-state index in [1.807, 2.05) is 53.6 Å². The Morgan fingerprint density at radius 3 is 2.55 bits per heavy atom. The number of fused-ring (bicyclic) bond motifs is 1. The van der Waals surface area contributed by atoms with Gasteiger partial charge in [0, 0.05) is 36.7 Å². The third-order valence-corrected chi connectivity index (χ3v) is 5.34. The van der Waals surface area contributed by atoms with Crippen LogP contribution in [-0.2, 0) is 13.1 Å². The molecule has 10 heteroatoms. The number of anilines is 2. The summed E-state index contributed by atoms with van der Waals surface area (Å²) in [4.78, 5) is 22.7. The molecule has 5 heterocycles. The molecule has 5 rings (SSSR count). The van der Waals surface area contributed by atoms with E-state index in [1.165, 1.54) is 0 Å². The number of hydrogen-bond acceptors (Lipinski definition) is 8. The van der Waals surface area contributed by atoms with Gasteiger partial charge in [0.1, 0.15) is 11.3 Å². The molecule has 0 radical (unpaired) electrons. The summed E-state index contributed by atoms with van der Waals surface area (Å²) in [6.07, 6.45) is 5.29. The molecule has 166 valence electrons. The average molecular weight is 441 g/mol. The summed E-state index contributed by atoms with van der Waals surface area (Å²) in [6, 6.07) is 9.62. The van der Waals surface area contributed by atoms with E-state index in [9.17, 15) is 0 Å². The Kier molecular flexibility index (Phi) is 5.17. The molecule has 0 atom stereocenters. The summed E-state index contributed by atoms with van der Waals surface area (Å²) in [5.74, 6) is 2.45. The number of nitrogens with one attached hydrogen (secondary N) is 1. The highest BCUT2D eigenvalue weighted by Gasteiger charge is 2.14. The van der Waals surface area contributed by atoms with Gasteiger partial charge in [-0.2, -0.15) is 5.10 Å². The van der Waals surface area contributed by atoms with Crippen molar-refractivity contribution >= 4 is 22.8 Å². The number of imidazole rings is 1. The van der Waals surface area contributed by atoms with Gasteiger partial charge in [0.05, 0.1) is 12.0 Å². The van der Waals surface area contributed by atoms with Gasteiger partial charge in [0.15, 0.2) is 23.1 Å². The zero-order valence-electron chi connectivity index (χ0n) is 18.7.